The van der Waals surface area contributed by atoms with Gasteiger partial charge in [0.15, 0.2) is 0 Å². The minimum atomic E-state index is 0.0592. The highest BCUT2D eigenvalue weighted by atomic mass is 14.3. The highest BCUT2D eigenvalue weighted by Gasteiger charge is 2.04. The van der Waals surface area contributed by atoms with Crippen LogP contribution in [-0.2, 0) is 12.8 Å². The van der Waals surface area contributed by atoms with Gasteiger partial charge in [0.1, 0.15) is 0 Å². The number of rotatable bonds is 4. The van der Waals surface area contributed by atoms with E-state index in [1.807, 2.05) is 38.1 Å². The first-order chi connectivity index (χ1) is 7.65. The van der Waals surface area contributed by atoms with Gasteiger partial charge in [-0.3, -0.25) is 0 Å². The van der Waals surface area contributed by atoms with Gasteiger partial charge in [-0.05, 0) is 37.8 Å². The van der Waals surface area contributed by atoms with Crippen molar-refractivity contribution in [3.8, 4) is 12.1 Å². The van der Waals surface area contributed by atoms with Crippen molar-refractivity contribution in [2.45, 2.75) is 26.7 Å². The van der Waals surface area contributed by atoms with Crippen molar-refractivity contribution < 1.29 is 0 Å². The Morgan fingerprint density at radius 3 is 1.44 bits per heavy atom. The molecule has 0 heterocycles. The summed E-state index contributed by atoms with van der Waals surface area (Å²) in [5.41, 5.74) is 2.37. The quantitative estimate of drug-likeness (QED) is 0.770. The monoisotopic (exact) mass is 212 g/mol. The fourth-order valence-electron chi connectivity index (χ4n) is 1.61. The fraction of sp³-hybridized carbons (Fsp3) is 0.429. The zero-order valence-electron chi connectivity index (χ0n) is 9.77. The molecule has 0 aromatic heterocycles. The van der Waals surface area contributed by atoms with Crippen LogP contribution < -0.4 is 0 Å². The molecule has 2 nitrogen and oxygen atoms in total. The predicted octanol–water partition coefficient (Wildman–Crippen LogP) is 3.09. The maximum atomic E-state index is 8.72. The molecule has 1 aromatic rings. The van der Waals surface area contributed by atoms with E-state index in [0.717, 1.165) is 12.8 Å². The van der Waals surface area contributed by atoms with Gasteiger partial charge in [-0.15, -0.1) is 0 Å². The van der Waals surface area contributed by atoms with E-state index < -0.39 is 0 Å². The van der Waals surface area contributed by atoms with Gasteiger partial charge < -0.3 is 0 Å². The Hall–Kier alpha value is -1.80. The van der Waals surface area contributed by atoms with Gasteiger partial charge in [0.2, 0.25) is 0 Å². The SMILES string of the molecule is CC(C#N)Cc1ccc(CC(C)C#N)cc1. The molecule has 0 aliphatic rings. The van der Waals surface area contributed by atoms with Crippen molar-refractivity contribution in [2.75, 3.05) is 0 Å². The van der Waals surface area contributed by atoms with Crippen LogP contribution in [-0.4, -0.2) is 0 Å². The third-order valence-electron chi connectivity index (χ3n) is 2.55. The Kier molecular flexibility index (Phi) is 4.55. The molecule has 0 saturated carbocycles. The van der Waals surface area contributed by atoms with Crippen LogP contribution in [0.2, 0.25) is 0 Å². The molecule has 2 unspecified atom stereocenters. The molecule has 0 fully saturated rings. The van der Waals surface area contributed by atoms with Crippen molar-refractivity contribution in [1.82, 2.24) is 0 Å². The molecule has 1 aromatic carbocycles. The summed E-state index contributed by atoms with van der Waals surface area (Å²) in [6.07, 6.45) is 1.59. The van der Waals surface area contributed by atoms with Crippen molar-refractivity contribution in [2.24, 2.45) is 11.8 Å². The van der Waals surface area contributed by atoms with Gasteiger partial charge in [-0.2, -0.15) is 10.5 Å². The van der Waals surface area contributed by atoms with E-state index in [1.165, 1.54) is 11.1 Å². The maximum Gasteiger partial charge on any atom is 0.0656 e. The lowest BCUT2D eigenvalue weighted by Crippen LogP contribution is -1.98. The lowest BCUT2D eigenvalue weighted by molar-refractivity contribution is 0.729. The molecular weight excluding hydrogens is 196 g/mol. The van der Waals surface area contributed by atoms with Crippen LogP contribution in [0, 0.1) is 34.5 Å². The standard InChI is InChI=1S/C14H16N2/c1-11(9-15)7-13-3-5-14(6-4-13)8-12(2)10-16/h3-6,11-12H,7-8H2,1-2H3. The van der Waals surface area contributed by atoms with Crippen LogP contribution in [0.5, 0.6) is 0 Å². The highest BCUT2D eigenvalue weighted by molar-refractivity contribution is 5.24. The van der Waals surface area contributed by atoms with Crippen molar-refractivity contribution in [3.63, 3.8) is 0 Å². The zero-order chi connectivity index (χ0) is 12.0. The molecule has 2 atom stereocenters. The number of nitrogens with zero attached hydrogens (tertiary/aromatic N) is 2. The van der Waals surface area contributed by atoms with E-state index in [2.05, 4.69) is 12.1 Å². The molecule has 2 heteroatoms. The Morgan fingerprint density at radius 1 is 0.875 bits per heavy atom. The highest BCUT2D eigenvalue weighted by Crippen LogP contribution is 2.12. The third-order valence-corrected chi connectivity index (χ3v) is 2.55. The average molecular weight is 212 g/mol. The summed E-state index contributed by atoms with van der Waals surface area (Å²) >= 11 is 0. The van der Waals surface area contributed by atoms with Crippen molar-refractivity contribution in [3.05, 3.63) is 35.4 Å². The molecule has 0 saturated heterocycles. The molecule has 1 rings (SSSR count). The van der Waals surface area contributed by atoms with Gasteiger partial charge >= 0.3 is 0 Å². The number of benzene rings is 1. The minimum absolute atomic E-state index is 0.0592. The zero-order valence-corrected chi connectivity index (χ0v) is 9.77. The lowest BCUT2D eigenvalue weighted by Gasteiger charge is -2.06. The van der Waals surface area contributed by atoms with Crippen LogP contribution in [0.25, 0.3) is 0 Å². The Morgan fingerprint density at radius 2 is 1.19 bits per heavy atom. The summed E-state index contributed by atoms with van der Waals surface area (Å²) in [6.45, 7) is 3.84. The molecule has 0 bridgehead atoms. The molecule has 16 heavy (non-hydrogen) atoms. The fourth-order valence-corrected chi connectivity index (χ4v) is 1.61. The smallest absolute Gasteiger partial charge is 0.0656 e. The summed E-state index contributed by atoms with van der Waals surface area (Å²) in [5, 5.41) is 17.4. The van der Waals surface area contributed by atoms with Gasteiger partial charge in [-0.1, -0.05) is 24.3 Å². The van der Waals surface area contributed by atoms with Gasteiger partial charge in [-0.25, -0.2) is 0 Å². The number of hydrogen-bond acceptors (Lipinski definition) is 2. The Balaban J connectivity index is 2.62. The largest absolute Gasteiger partial charge is 0.198 e. The van der Waals surface area contributed by atoms with Gasteiger partial charge in [0.05, 0.1) is 12.1 Å². The first kappa shape index (κ1) is 12.3. The average Bonchev–Trinajstić information content (AvgIpc) is 2.31. The molecule has 0 aliphatic heterocycles. The molecule has 0 N–H and O–H groups in total. The first-order valence-electron chi connectivity index (χ1n) is 5.52. The summed E-state index contributed by atoms with van der Waals surface area (Å²) in [4.78, 5) is 0. The van der Waals surface area contributed by atoms with Gasteiger partial charge in [0.25, 0.3) is 0 Å². The van der Waals surface area contributed by atoms with Crippen LogP contribution in [0.3, 0.4) is 0 Å². The molecular formula is C14H16N2. The van der Waals surface area contributed by atoms with Crippen LogP contribution in [0.4, 0.5) is 0 Å². The molecule has 0 spiro atoms. The molecule has 82 valence electrons. The second-order valence-corrected chi connectivity index (χ2v) is 4.29. The van der Waals surface area contributed by atoms with Crippen LogP contribution >= 0.6 is 0 Å². The summed E-state index contributed by atoms with van der Waals surface area (Å²) in [7, 11) is 0. The normalized spacial score (nSPS) is 13.5. The van der Waals surface area contributed by atoms with Crippen molar-refractivity contribution in [1.29, 1.82) is 10.5 Å². The van der Waals surface area contributed by atoms with E-state index in [1.54, 1.807) is 0 Å². The van der Waals surface area contributed by atoms with E-state index in [-0.39, 0.29) is 11.8 Å². The summed E-state index contributed by atoms with van der Waals surface area (Å²) in [6, 6.07) is 12.6. The molecule has 0 aliphatic carbocycles. The third kappa shape index (κ3) is 3.75. The Labute approximate surface area is 97.1 Å². The van der Waals surface area contributed by atoms with Crippen LogP contribution in [0.15, 0.2) is 24.3 Å². The lowest BCUT2D eigenvalue weighted by atomic mass is 9.98. The first-order valence-corrected chi connectivity index (χ1v) is 5.52. The van der Waals surface area contributed by atoms with Crippen molar-refractivity contribution >= 4 is 0 Å². The second-order valence-electron chi connectivity index (χ2n) is 4.29. The number of hydrogen-bond donors (Lipinski definition) is 0. The second kappa shape index (κ2) is 5.93. The van der Waals surface area contributed by atoms with E-state index >= 15 is 0 Å². The van der Waals surface area contributed by atoms with E-state index in [9.17, 15) is 0 Å². The topological polar surface area (TPSA) is 47.6 Å². The summed E-state index contributed by atoms with van der Waals surface area (Å²) in [5.74, 6) is 0.118. The number of nitriles is 2. The van der Waals surface area contributed by atoms with Gasteiger partial charge in [0, 0.05) is 11.8 Å². The maximum absolute atomic E-state index is 8.72. The van der Waals surface area contributed by atoms with Crippen LogP contribution in [0.1, 0.15) is 25.0 Å². The minimum Gasteiger partial charge on any atom is -0.198 e. The van der Waals surface area contributed by atoms with E-state index in [4.69, 9.17) is 10.5 Å². The summed E-state index contributed by atoms with van der Waals surface area (Å²) < 4.78 is 0. The molecule has 0 amide bonds. The van der Waals surface area contributed by atoms with E-state index in [0.29, 0.717) is 0 Å². The predicted molar refractivity (Wildman–Crippen MR) is 63.4 cm³/mol. The molecule has 0 radical (unpaired) electrons. The Bertz CT molecular complexity index is 365.